The molecular weight excluding hydrogens is 218 g/mol. The highest BCUT2D eigenvalue weighted by Gasteiger charge is 2.25. The number of hydrogen-bond acceptors (Lipinski definition) is 5. The number of aromatic nitrogens is 3. The molecule has 1 aromatic heterocycles. The lowest BCUT2D eigenvalue weighted by atomic mass is 10.2. The number of hydrogen-bond donors (Lipinski definition) is 1. The highest BCUT2D eigenvalue weighted by Crippen LogP contribution is 2.18. The lowest BCUT2D eigenvalue weighted by Gasteiger charge is -2.22. The molecule has 2 aliphatic heterocycles. The van der Waals surface area contributed by atoms with Crippen LogP contribution in [-0.4, -0.2) is 53.0 Å². The van der Waals surface area contributed by atoms with Gasteiger partial charge in [0, 0.05) is 13.1 Å². The van der Waals surface area contributed by atoms with E-state index >= 15 is 0 Å². The van der Waals surface area contributed by atoms with Crippen LogP contribution in [0.15, 0.2) is 0 Å². The van der Waals surface area contributed by atoms with E-state index in [0.29, 0.717) is 12.6 Å². The van der Waals surface area contributed by atoms with E-state index in [0.717, 1.165) is 44.4 Å². The Morgan fingerprint density at radius 1 is 1.35 bits per heavy atom. The minimum absolute atomic E-state index is 0.293. The van der Waals surface area contributed by atoms with Crippen LogP contribution in [0.2, 0.25) is 0 Å². The Morgan fingerprint density at radius 2 is 2.29 bits per heavy atom. The first-order valence-electron chi connectivity index (χ1n) is 6.26. The zero-order valence-corrected chi connectivity index (χ0v) is 10.2. The van der Waals surface area contributed by atoms with Crippen LogP contribution in [0.5, 0.6) is 0 Å². The van der Waals surface area contributed by atoms with Gasteiger partial charge in [-0.1, -0.05) is 0 Å². The van der Waals surface area contributed by atoms with Crippen molar-refractivity contribution in [2.75, 3.05) is 33.3 Å². The molecule has 1 atom stereocenters. The molecule has 6 heteroatoms. The van der Waals surface area contributed by atoms with Crippen molar-refractivity contribution in [2.24, 2.45) is 0 Å². The van der Waals surface area contributed by atoms with Gasteiger partial charge in [0.1, 0.15) is 6.61 Å². The van der Waals surface area contributed by atoms with Gasteiger partial charge in [-0.05, 0) is 26.6 Å². The van der Waals surface area contributed by atoms with Gasteiger partial charge in [0.15, 0.2) is 11.6 Å². The summed E-state index contributed by atoms with van der Waals surface area (Å²) < 4.78 is 7.60. The Hall–Kier alpha value is -0.980. The average molecular weight is 237 g/mol. The minimum atomic E-state index is 0.293. The van der Waals surface area contributed by atoms with Gasteiger partial charge < -0.3 is 19.5 Å². The van der Waals surface area contributed by atoms with Gasteiger partial charge in [0.25, 0.3) is 0 Å². The molecule has 0 amide bonds. The van der Waals surface area contributed by atoms with Gasteiger partial charge in [-0.3, -0.25) is 0 Å². The monoisotopic (exact) mass is 237 g/mol. The molecule has 1 saturated heterocycles. The minimum Gasteiger partial charge on any atom is -0.372 e. The van der Waals surface area contributed by atoms with Crippen molar-refractivity contribution in [1.29, 1.82) is 0 Å². The van der Waals surface area contributed by atoms with Gasteiger partial charge >= 0.3 is 0 Å². The van der Waals surface area contributed by atoms with Crippen molar-refractivity contribution in [3.05, 3.63) is 11.6 Å². The Labute approximate surface area is 101 Å². The molecule has 0 radical (unpaired) electrons. The first-order valence-corrected chi connectivity index (χ1v) is 6.26. The summed E-state index contributed by atoms with van der Waals surface area (Å²) >= 11 is 0. The Balaban J connectivity index is 1.84. The molecule has 6 nitrogen and oxygen atoms in total. The van der Waals surface area contributed by atoms with Crippen LogP contribution < -0.4 is 5.32 Å². The van der Waals surface area contributed by atoms with E-state index in [4.69, 9.17) is 4.74 Å². The second-order valence-electron chi connectivity index (χ2n) is 4.80. The van der Waals surface area contributed by atoms with E-state index in [9.17, 15) is 0 Å². The molecule has 2 aliphatic rings. The van der Waals surface area contributed by atoms with Crippen molar-refractivity contribution in [3.8, 4) is 0 Å². The summed E-state index contributed by atoms with van der Waals surface area (Å²) in [4.78, 5) is 2.35. The Morgan fingerprint density at radius 3 is 3.24 bits per heavy atom. The predicted molar refractivity (Wildman–Crippen MR) is 62.5 cm³/mol. The third kappa shape index (κ3) is 2.20. The number of nitrogens with zero attached hydrogens (tertiary/aromatic N) is 4. The third-order valence-corrected chi connectivity index (χ3v) is 3.46. The molecule has 0 bridgehead atoms. The van der Waals surface area contributed by atoms with E-state index in [-0.39, 0.29) is 0 Å². The van der Waals surface area contributed by atoms with Crippen LogP contribution in [0, 0.1) is 0 Å². The highest BCUT2D eigenvalue weighted by atomic mass is 16.5. The first kappa shape index (κ1) is 11.1. The fourth-order valence-electron chi connectivity index (χ4n) is 2.54. The first-order chi connectivity index (χ1) is 8.34. The quantitative estimate of drug-likeness (QED) is 0.731. The van der Waals surface area contributed by atoms with Crippen molar-refractivity contribution in [2.45, 2.75) is 25.6 Å². The van der Waals surface area contributed by atoms with Crippen LogP contribution in [0.3, 0.4) is 0 Å². The van der Waals surface area contributed by atoms with Crippen molar-refractivity contribution in [3.63, 3.8) is 0 Å². The largest absolute Gasteiger partial charge is 0.372 e. The number of fused-ring (bicyclic) bond motifs is 1. The Kier molecular flexibility index (Phi) is 3.09. The Bertz CT molecular complexity index is 391. The predicted octanol–water partition coefficient (Wildman–Crippen LogP) is -0.225. The van der Waals surface area contributed by atoms with Gasteiger partial charge in [-0.25, -0.2) is 0 Å². The second kappa shape index (κ2) is 4.72. The lowest BCUT2D eigenvalue weighted by molar-refractivity contribution is 0.0798. The van der Waals surface area contributed by atoms with E-state index in [1.807, 2.05) is 0 Å². The summed E-state index contributed by atoms with van der Waals surface area (Å²) in [5, 5.41) is 12.1. The maximum Gasteiger partial charge on any atom is 0.159 e. The summed E-state index contributed by atoms with van der Waals surface area (Å²) in [6.45, 7) is 5.43. The molecule has 1 fully saturated rings. The molecule has 0 aliphatic carbocycles. The molecule has 1 unspecified atom stereocenters. The standard InChI is InChI=1S/C11H19N5O/c1-15-4-2-3-12-9(7-15)11-14-13-10-8-17-6-5-16(10)11/h9,12H,2-8H2,1H3. The molecule has 3 rings (SSSR count). The molecule has 3 heterocycles. The third-order valence-electron chi connectivity index (χ3n) is 3.46. The summed E-state index contributed by atoms with van der Waals surface area (Å²) in [6.07, 6.45) is 1.19. The molecular formula is C11H19N5O. The maximum atomic E-state index is 5.39. The highest BCUT2D eigenvalue weighted by molar-refractivity contribution is 5.03. The summed E-state index contributed by atoms with van der Waals surface area (Å²) in [6, 6.07) is 0.293. The fourth-order valence-corrected chi connectivity index (χ4v) is 2.54. The van der Waals surface area contributed by atoms with Gasteiger partial charge in [0.2, 0.25) is 0 Å². The summed E-state index contributed by atoms with van der Waals surface area (Å²) in [5.74, 6) is 2.03. The maximum absolute atomic E-state index is 5.39. The normalized spacial score (nSPS) is 26.5. The zero-order chi connectivity index (χ0) is 11.7. The number of nitrogens with one attached hydrogen (secondary N) is 1. The fraction of sp³-hybridized carbons (Fsp3) is 0.818. The lowest BCUT2D eigenvalue weighted by Crippen LogP contribution is -2.32. The van der Waals surface area contributed by atoms with E-state index in [1.165, 1.54) is 6.42 Å². The summed E-state index contributed by atoms with van der Waals surface area (Å²) in [7, 11) is 2.16. The zero-order valence-electron chi connectivity index (χ0n) is 10.2. The number of ether oxygens (including phenoxy) is 1. The molecule has 17 heavy (non-hydrogen) atoms. The van der Waals surface area contributed by atoms with E-state index < -0.39 is 0 Å². The van der Waals surface area contributed by atoms with Crippen LogP contribution in [0.25, 0.3) is 0 Å². The smallest absolute Gasteiger partial charge is 0.159 e. The average Bonchev–Trinajstić information content (AvgIpc) is 2.66. The molecule has 0 spiro atoms. The topological polar surface area (TPSA) is 55.2 Å². The van der Waals surface area contributed by atoms with Crippen LogP contribution >= 0.6 is 0 Å². The van der Waals surface area contributed by atoms with Crippen molar-refractivity contribution < 1.29 is 4.74 Å². The molecule has 0 saturated carbocycles. The van der Waals surface area contributed by atoms with Gasteiger partial charge in [-0.2, -0.15) is 0 Å². The second-order valence-corrected chi connectivity index (χ2v) is 4.80. The number of likely N-dealkylation sites (N-methyl/N-ethyl adjacent to an activating group) is 1. The van der Waals surface area contributed by atoms with Crippen molar-refractivity contribution in [1.82, 2.24) is 25.0 Å². The summed E-state index contributed by atoms with van der Waals surface area (Å²) in [5.41, 5.74) is 0. The van der Waals surface area contributed by atoms with E-state index in [1.54, 1.807) is 0 Å². The van der Waals surface area contributed by atoms with Crippen LogP contribution in [-0.2, 0) is 17.9 Å². The van der Waals surface area contributed by atoms with E-state index in [2.05, 4.69) is 32.0 Å². The molecule has 94 valence electrons. The van der Waals surface area contributed by atoms with Crippen molar-refractivity contribution >= 4 is 0 Å². The molecule has 1 N–H and O–H groups in total. The SMILES string of the molecule is CN1CCCNC(c2nnc3n2CCOC3)C1. The number of rotatable bonds is 1. The van der Waals surface area contributed by atoms with Gasteiger partial charge in [-0.15, -0.1) is 10.2 Å². The molecule has 0 aromatic carbocycles. The van der Waals surface area contributed by atoms with Gasteiger partial charge in [0.05, 0.1) is 12.6 Å². The van der Waals surface area contributed by atoms with Crippen LogP contribution in [0.1, 0.15) is 24.1 Å². The molecule has 1 aromatic rings. The van der Waals surface area contributed by atoms with Crippen LogP contribution in [0.4, 0.5) is 0 Å².